The van der Waals surface area contributed by atoms with Gasteiger partial charge in [0.05, 0.1) is 0 Å². The first kappa shape index (κ1) is 15.7. The average molecular weight is 241 g/mol. The van der Waals surface area contributed by atoms with Crippen LogP contribution in [-0.4, -0.2) is 35.5 Å². The zero-order chi connectivity index (χ0) is 13.1. The van der Waals surface area contributed by atoms with E-state index in [1.807, 2.05) is 0 Å². The van der Waals surface area contributed by atoms with Crippen LogP contribution in [0, 0.1) is 0 Å². The first-order valence-electron chi connectivity index (χ1n) is 6.24. The van der Waals surface area contributed by atoms with Gasteiger partial charge in [0, 0.05) is 25.7 Å². The average Bonchev–Trinajstić information content (AvgIpc) is 2.30. The Morgan fingerprint density at radius 2 is 1.65 bits per heavy atom. The summed E-state index contributed by atoms with van der Waals surface area (Å²) >= 11 is 0. The molecule has 0 aliphatic carbocycles. The molecule has 0 bridgehead atoms. The molecule has 4 nitrogen and oxygen atoms in total. The highest BCUT2D eigenvalue weighted by atomic mass is 16.4. The highest BCUT2D eigenvalue weighted by Gasteiger charge is 2.04. The number of carbonyl (C=O) groups is 2. The summed E-state index contributed by atoms with van der Waals surface area (Å²) in [4.78, 5) is 23.2. The van der Waals surface area contributed by atoms with E-state index in [4.69, 9.17) is 5.11 Å². The van der Waals surface area contributed by atoms with Gasteiger partial charge in [-0.3, -0.25) is 4.79 Å². The fourth-order valence-electron chi connectivity index (χ4n) is 1.51. The van der Waals surface area contributed by atoms with Gasteiger partial charge in [0.1, 0.15) is 0 Å². The van der Waals surface area contributed by atoms with Gasteiger partial charge in [-0.15, -0.1) is 0 Å². The maximum absolute atomic E-state index is 11.4. The largest absolute Gasteiger partial charge is 0.478 e. The van der Waals surface area contributed by atoms with Gasteiger partial charge in [-0.05, 0) is 6.42 Å². The molecule has 0 aromatic carbocycles. The molecule has 0 heterocycles. The molecule has 0 aromatic heterocycles. The van der Waals surface area contributed by atoms with Crippen LogP contribution in [0.1, 0.15) is 45.4 Å². The van der Waals surface area contributed by atoms with Crippen LogP contribution in [0.3, 0.4) is 0 Å². The number of likely N-dealkylation sites (N-methyl/N-ethyl adjacent to an activating group) is 1. The monoisotopic (exact) mass is 241 g/mol. The van der Waals surface area contributed by atoms with E-state index < -0.39 is 5.97 Å². The summed E-state index contributed by atoms with van der Waals surface area (Å²) in [6, 6.07) is 0. The lowest BCUT2D eigenvalue weighted by Crippen LogP contribution is -2.26. The van der Waals surface area contributed by atoms with Gasteiger partial charge in [-0.2, -0.15) is 0 Å². The Morgan fingerprint density at radius 1 is 1.06 bits per heavy atom. The summed E-state index contributed by atoms with van der Waals surface area (Å²) in [6.07, 6.45) is 9.05. The molecule has 0 fully saturated rings. The maximum Gasteiger partial charge on any atom is 0.328 e. The molecule has 1 amide bonds. The van der Waals surface area contributed by atoms with Crippen LogP contribution in [0.15, 0.2) is 12.2 Å². The number of carboxylic acid groups (broad SMARTS) is 1. The molecular formula is C13H23NO3. The summed E-state index contributed by atoms with van der Waals surface area (Å²) in [5.74, 6) is -1.34. The second kappa shape index (κ2) is 9.87. The lowest BCUT2D eigenvalue weighted by molar-refractivity contribution is -0.132. The zero-order valence-electron chi connectivity index (χ0n) is 10.8. The van der Waals surface area contributed by atoms with Crippen LogP contribution < -0.4 is 0 Å². The van der Waals surface area contributed by atoms with Gasteiger partial charge in [0.15, 0.2) is 0 Å². The molecule has 17 heavy (non-hydrogen) atoms. The van der Waals surface area contributed by atoms with Crippen LogP contribution in [0.2, 0.25) is 0 Å². The molecule has 98 valence electrons. The van der Waals surface area contributed by atoms with E-state index in [1.165, 1.54) is 25.7 Å². The van der Waals surface area contributed by atoms with Gasteiger partial charge in [-0.25, -0.2) is 4.79 Å². The van der Waals surface area contributed by atoms with Gasteiger partial charge >= 0.3 is 5.97 Å². The van der Waals surface area contributed by atoms with E-state index in [0.29, 0.717) is 6.54 Å². The topological polar surface area (TPSA) is 57.6 Å². The second-order valence-electron chi connectivity index (χ2n) is 4.20. The minimum absolute atomic E-state index is 0.249. The van der Waals surface area contributed by atoms with Crippen molar-refractivity contribution >= 4 is 11.9 Å². The number of carbonyl (C=O) groups excluding carboxylic acids is 1. The van der Waals surface area contributed by atoms with E-state index in [-0.39, 0.29) is 5.91 Å². The Bertz CT molecular complexity index is 261. The first-order valence-corrected chi connectivity index (χ1v) is 6.24. The van der Waals surface area contributed by atoms with E-state index >= 15 is 0 Å². The van der Waals surface area contributed by atoms with Gasteiger partial charge < -0.3 is 10.0 Å². The van der Waals surface area contributed by atoms with Crippen LogP contribution in [0.5, 0.6) is 0 Å². The van der Waals surface area contributed by atoms with E-state index in [1.54, 1.807) is 11.9 Å². The fourth-order valence-corrected chi connectivity index (χ4v) is 1.51. The number of carboxylic acids is 1. The lowest BCUT2D eigenvalue weighted by atomic mass is 10.1. The number of hydrogen-bond donors (Lipinski definition) is 1. The Labute approximate surface area is 103 Å². The first-order chi connectivity index (χ1) is 8.07. The molecule has 1 N–H and O–H groups in total. The SMILES string of the molecule is CCCCCCCCN(C)C(=O)/C=C/C(=O)O. The van der Waals surface area contributed by atoms with Crippen LogP contribution in [0.4, 0.5) is 0 Å². The Kier molecular flexibility index (Phi) is 9.11. The van der Waals surface area contributed by atoms with Crippen molar-refractivity contribution in [1.29, 1.82) is 0 Å². The number of aliphatic carboxylic acids is 1. The molecule has 0 spiro atoms. The third-order valence-electron chi connectivity index (χ3n) is 2.59. The predicted octanol–water partition coefficient (Wildman–Crippen LogP) is 2.45. The molecule has 0 aromatic rings. The Balaban J connectivity index is 3.60. The maximum atomic E-state index is 11.4. The molecule has 0 unspecified atom stereocenters. The highest BCUT2D eigenvalue weighted by Crippen LogP contribution is 2.05. The normalized spacial score (nSPS) is 10.7. The van der Waals surface area contributed by atoms with Crippen molar-refractivity contribution in [2.75, 3.05) is 13.6 Å². The summed E-state index contributed by atoms with van der Waals surface area (Å²) in [5, 5.41) is 8.38. The Morgan fingerprint density at radius 3 is 2.24 bits per heavy atom. The predicted molar refractivity (Wildman–Crippen MR) is 67.8 cm³/mol. The van der Waals surface area contributed by atoms with E-state index in [9.17, 15) is 9.59 Å². The number of rotatable bonds is 9. The molecule has 4 heteroatoms. The zero-order valence-corrected chi connectivity index (χ0v) is 10.8. The minimum Gasteiger partial charge on any atom is -0.478 e. The number of hydrogen-bond acceptors (Lipinski definition) is 2. The van der Waals surface area contributed by atoms with Crippen LogP contribution in [0.25, 0.3) is 0 Å². The van der Waals surface area contributed by atoms with Crippen molar-refractivity contribution in [3.8, 4) is 0 Å². The Hall–Kier alpha value is -1.32. The summed E-state index contributed by atoms with van der Waals surface area (Å²) in [6.45, 7) is 2.87. The van der Waals surface area contributed by atoms with Crippen LogP contribution in [-0.2, 0) is 9.59 Å². The minimum atomic E-state index is -1.09. The standard InChI is InChI=1S/C13H23NO3/c1-3-4-5-6-7-8-11-14(2)12(15)9-10-13(16)17/h9-10H,3-8,11H2,1-2H3,(H,16,17)/b10-9+. The molecule has 0 rings (SSSR count). The third-order valence-corrected chi connectivity index (χ3v) is 2.59. The summed E-state index contributed by atoms with van der Waals surface area (Å²) < 4.78 is 0. The lowest BCUT2D eigenvalue weighted by Gasteiger charge is -2.14. The van der Waals surface area contributed by atoms with Crippen molar-refractivity contribution in [2.45, 2.75) is 45.4 Å². The second-order valence-corrected chi connectivity index (χ2v) is 4.20. The van der Waals surface area contributed by atoms with Crippen molar-refractivity contribution in [2.24, 2.45) is 0 Å². The summed E-state index contributed by atoms with van der Waals surface area (Å²) in [5.41, 5.74) is 0. The van der Waals surface area contributed by atoms with Crippen molar-refractivity contribution in [3.05, 3.63) is 12.2 Å². The molecule has 0 aliphatic rings. The molecule has 0 saturated heterocycles. The molecule has 0 radical (unpaired) electrons. The number of amides is 1. The van der Waals surface area contributed by atoms with Crippen molar-refractivity contribution in [1.82, 2.24) is 4.90 Å². The number of nitrogens with zero attached hydrogens (tertiary/aromatic N) is 1. The van der Waals surface area contributed by atoms with Gasteiger partial charge in [0.25, 0.3) is 0 Å². The van der Waals surface area contributed by atoms with Gasteiger partial charge in [-0.1, -0.05) is 39.0 Å². The van der Waals surface area contributed by atoms with Gasteiger partial charge in [0.2, 0.25) is 5.91 Å². The third kappa shape index (κ3) is 9.60. The highest BCUT2D eigenvalue weighted by molar-refractivity contribution is 5.93. The van der Waals surface area contributed by atoms with Crippen LogP contribution >= 0.6 is 0 Å². The number of unbranched alkanes of at least 4 members (excludes halogenated alkanes) is 5. The smallest absolute Gasteiger partial charge is 0.328 e. The van der Waals surface area contributed by atoms with Crippen molar-refractivity contribution in [3.63, 3.8) is 0 Å². The molecular weight excluding hydrogens is 218 g/mol. The van der Waals surface area contributed by atoms with E-state index in [2.05, 4.69) is 6.92 Å². The fraction of sp³-hybridized carbons (Fsp3) is 0.692. The van der Waals surface area contributed by atoms with E-state index in [0.717, 1.165) is 25.0 Å². The molecule has 0 aliphatic heterocycles. The summed E-state index contributed by atoms with van der Waals surface area (Å²) in [7, 11) is 1.70. The molecule has 0 saturated carbocycles. The van der Waals surface area contributed by atoms with Crippen molar-refractivity contribution < 1.29 is 14.7 Å². The molecule has 0 atom stereocenters. The quantitative estimate of drug-likeness (QED) is 0.498.